The molecule has 0 spiro atoms. The second-order valence-corrected chi connectivity index (χ2v) is 8.32. The predicted molar refractivity (Wildman–Crippen MR) is 104 cm³/mol. The Morgan fingerprint density at radius 2 is 1.85 bits per heavy atom. The first-order valence-corrected chi connectivity index (χ1v) is 9.63. The molecule has 1 N–H and O–H groups in total. The fourth-order valence-corrected chi connectivity index (χ4v) is 4.20. The molecule has 1 heterocycles. The Morgan fingerprint density at radius 3 is 2.65 bits per heavy atom. The van der Waals surface area contributed by atoms with Crippen LogP contribution < -0.4 is 10.1 Å². The van der Waals surface area contributed by atoms with Crippen molar-refractivity contribution >= 4 is 5.91 Å². The second-order valence-electron chi connectivity index (χ2n) is 8.32. The van der Waals surface area contributed by atoms with E-state index in [-0.39, 0.29) is 17.6 Å². The monoisotopic (exact) mass is 349 g/mol. The zero-order valence-corrected chi connectivity index (χ0v) is 15.9. The quantitative estimate of drug-likeness (QED) is 0.837. The first kappa shape index (κ1) is 17.1. The minimum Gasteiger partial charge on any atom is -0.487 e. The van der Waals surface area contributed by atoms with Gasteiger partial charge in [-0.3, -0.25) is 4.79 Å². The lowest BCUT2D eigenvalue weighted by atomic mass is 9.88. The van der Waals surface area contributed by atoms with Gasteiger partial charge in [-0.15, -0.1) is 0 Å². The zero-order valence-electron chi connectivity index (χ0n) is 15.9. The summed E-state index contributed by atoms with van der Waals surface area (Å²) < 4.78 is 6.14. The molecule has 1 amide bonds. The number of hydrogen-bond acceptors (Lipinski definition) is 2. The van der Waals surface area contributed by atoms with Gasteiger partial charge >= 0.3 is 0 Å². The highest BCUT2D eigenvalue weighted by molar-refractivity contribution is 5.94. The maximum atomic E-state index is 12.9. The Kier molecular flexibility index (Phi) is 4.26. The summed E-state index contributed by atoms with van der Waals surface area (Å²) >= 11 is 0. The smallest absolute Gasteiger partial charge is 0.251 e. The van der Waals surface area contributed by atoms with E-state index in [0.717, 1.165) is 36.1 Å². The van der Waals surface area contributed by atoms with Crippen LogP contribution in [0.4, 0.5) is 0 Å². The summed E-state index contributed by atoms with van der Waals surface area (Å²) in [5.74, 6) is 0.893. The van der Waals surface area contributed by atoms with Gasteiger partial charge in [0.05, 0.1) is 6.04 Å². The van der Waals surface area contributed by atoms with E-state index in [0.29, 0.717) is 0 Å². The molecule has 2 aliphatic rings. The van der Waals surface area contributed by atoms with Gasteiger partial charge in [0.15, 0.2) is 0 Å². The third-order valence-corrected chi connectivity index (χ3v) is 5.54. The molecule has 4 rings (SSSR count). The normalized spacial score (nSPS) is 20.5. The molecule has 136 valence electrons. The van der Waals surface area contributed by atoms with Crippen LogP contribution in [0.5, 0.6) is 5.75 Å². The Hall–Kier alpha value is -2.29. The minimum absolute atomic E-state index is 0.00704. The third-order valence-electron chi connectivity index (χ3n) is 5.54. The van der Waals surface area contributed by atoms with Crippen LogP contribution in [0.2, 0.25) is 0 Å². The first-order valence-electron chi connectivity index (χ1n) is 9.63. The Balaban J connectivity index is 1.59. The van der Waals surface area contributed by atoms with Crippen molar-refractivity contribution in [2.45, 2.75) is 64.5 Å². The summed E-state index contributed by atoms with van der Waals surface area (Å²) in [7, 11) is 0. The summed E-state index contributed by atoms with van der Waals surface area (Å²) in [4.78, 5) is 12.9. The number of benzene rings is 2. The van der Waals surface area contributed by atoms with Crippen molar-refractivity contribution in [3.05, 3.63) is 64.2 Å². The maximum Gasteiger partial charge on any atom is 0.251 e. The van der Waals surface area contributed by atoms with E-state index in [1.54, 1.807) is 0 Å². The van der Waals surface area contributed by atoms with E-state index < -0.39 is 0 Å². The van der Waals surface area contributed by atoms with Crippen LogP contribution in [0.15, 0.2) is 36.4 Å². The molecule has 1 unspecified atom stereocenters. The Bertz CT molecular complexity index is 853. The van der Waals surface area contributed by atoms with Crippen LogP contribution in [-0.4, -0.2) is 11.5 Å². The van der Waals surface area contributed by atoms with E-state index >= 15 is 0 Å². The largest absolute Gasteiger partial charge is 0.487 e. The van der Waals surface area contributed by atoms with E-state index in [1.165, 1.54) is 29.5 Å². The van der Waals surface area contributed by atoms with Gasteiger partial charge in [-0.05, 0) is 81.3 Å². The van der Waals surface area contributed by atoms with Gasteiger partial charge < -0.3 is 10.1 Å². The summed E-state index contributed by atoms with van der Waals surface area (Å²) in [5.41, 5.74) is 5.45. The van der Waals surface area contributed by atoms with Crippen molar-refractivity contribution in [1.29, 1.82) is 0 Å². The number of fused-ring (bicyclic) bond motifs is 2. The number of carbonyl (C=O) groups is 1. The number of ether oxygens (including phenoxy) is 1. The molecule has 0 radical (unpaired) electrons. The fraction of sp³-hybridized carbons (Fsp3) is 0.435. The molecular formula is C23H27NO2. The summed E-state index contributed by atoms with van der Waals surface area (Å²) in [6.45, 7) is 6.22. The van der Waals surface area contributed by atoms with E-state index in [9.17, 15) is 4.79 Å². The molecule has 0 bridgehead atoms. The average molecular weight is 349 g/mol. The van der Waals surface area contributed by atoms with Gasteiger partial charge in [0, 0.05) is 17.5 Å². The topological polar surface area (TPSA) is 38.3 Å². The van der Waals surface area contributed by atoms with Crippen LogP contribution in [0.1, 0.15) is 71.8 Å². The van der Waals surface area contributed by atoms with E-state index in [1.807, 2.05) is 6.07 Å². The molecule has 0 saturated carbocycles. The lowest BCUT2D eigenvalue weighted by Crippen LogP contribution is -2.41. The van der Waals surface area contributed by atoms with Crippen molar-refractivity contribution in [2.75, 3.05) is 0 Å². The highest BCUT2D eigenvalue weighted by Gasteiger charge is 2.34. The maximum absolute atomic E-state index is 12.9. The SMILES string of the molecule is Cc1ccc2c(c1)OC(C)(C)CC2NC(=O)c1ccc2c(c1)CCCC2. The molecule has 1 atom stereocenters. The van der Waals surface area contributed by atoms with Gasteiger partial charge in [-0.25, -0.2) is 0 Å². The van der Waals surface area contributed by atoms with Gasteiger partial charge in [0.25, 0.3) is 5.91 Å². The lowest BCUT2D eigenvalue weighted by molar-refractivity contribution is 0.0619. The molecule has 0 aromatic heterocycles. The van der Waals surface area contributed by atoms with Gasteiger partial charge in [-0.1, -0.05) is 18.2 Å². The third kappa shape index (κ3) is 3.35. The first-order chi connectivity index (χ1) is 12.4. The highest BCUT2D eigenvalue weighted by atomic mass is 16.5. The molecule has 2 aromatic carbocycles. The van der Waals surface area contributed by atoms with Crippen LogP contribution in [0.25, 0.3) is 0 Å². The van der Waals surface area contributed by atoms with Crippen LogP contribution in [-0.2, 0) is 12.8 Å². The average Bonchev–Trinajstić information content (AvgIpc) is 2.59. The molecular weight excluding hydrogens is 322 g/mol. The molecule has 26 heavy (non-hydrogen) atoms. The molecule has 3 nitrogen and oxygen atoms in total. The molecule has 0 saturated heterocycles. The van der Waals surface area contributed by atoms with Gasteiger partial charge in [0.2, 0.25) is 0 Å². The van der Waals surface area contributed by atoms with Crippen LogP contribution >= 0.6 is 0 Å². The van der Waals surface area contributed by atoms with Crippen LogP contribution in [0, 0.1) is 6.92 Å². The molecule has 1 aliphatic heterocycles. The predicted octanol–water partition coefficient (Wildman–Crippen LogP) is 4.91. The van der Waals surface area contributed by atoms with E-state index in [4.69, 9.17) is 4.74 Å². The van der Waals surface area contributed by atoms with Gasteiger partial charge in [0.1, 0.15) is 11.4 Å². The van der Waals surface area contributed by atoms with E-state index in [2.05, 4.69) is 56.4 Å². The van der Waals surface area contributed by atoms with Crippen LogP contribution in [0.3, 0.4) is 0 Å². The molecule has 1 aliphatic carbocycles. The highest BCUT2D eigenvalue weighted by Crippen LogP contribution is 2.40. The minimum atomic E-state index is -0.297. The fourth-order valence-electron chi connectivity index (χ4n) is 4.20. The number of rotatable bonds is 2. The van der Waals surface area contributed by atoms with Crippen molar-refractivity contribution in [3.8, 4) is 5.75 Å². The summed E-state index contributed by atoms with van der Waals surface area (Å²) in [6.07, 6.45) is 5.46. The van der Waals surface area contributed by atoms with Crippen molar-refractivity contribution in [3.63, 3.8) is 0 Å². The Morgan fingerprint density at radius 1 is 1.08 bits per heavy atom. The summed E-state index contributed by atoms with van der Waals surface area (Å²) in [5, 5.41) is 3.25. The number of hydrogen-bond donors (Lipinski definition) is 1. The number of carbonyl (C=O) groups excluding carboxylic acids is 1. The number of aryl methyl sites for hydroxylation is 3. The molecule has 0 fully saturated rings. The van der Waals surface area contributed by atoms with Crippen molar-refractivity contribution < 1.29 is 9.53 Å². The Labute approximate surface area is 155 Å². The molecule has 2 aromatic rings. The van der Waals surface area contributed by atoms with Crippen molar-refractivity contribution in [1.82, 2.24) is 5.32 Å². The number of amides is 1. The standard InChI is InChI=1S/C23H27NO2/c1-15-8-11-19-20(14-23(2,3)26-21(19)12-15)24-22(25)18-10-9-16-6-4-5-7-17(16)13-18/h8-13,20H,4-7,14H2,1-3H3,(H,24,25). The molecule has 3 heteroatoms. The summed E-state index contributed by atoms with van der Waals surface area (Å²) in [6, 6.07) is 12.4. The number of nitrogens with one attached hydrogen (secondary N) is 1. The second kappa shape index (κ2) is 6.46. The van der Waals surface area contributed by atoms with Gasteiger partial charge in [-0.2, -0.15) is 0 Å². The zero-order chi connectivity index (χ0) is 18.3. The van der Waals surface area contributed by atoms with Crippen molar-refractivity contribution in [2.24, 2.45) is 0 Å². The lowest BCUT2D eigenvalue weighted by Gasteiger charge is -2.38.